The topological polar surface area (TPSA) is 90.0 Å². The smallest absolute Gasteiger partial charge is 0.320 e. The van der Waals surface area contributed by atoms with Gasteiger partial charge in [-0.2, -0.15) is 0 Å². The number of carbonyl (C=O) groups is 3. The molecule has 0 aromatic rings. The zero-order valence-corrected chi connectivity index (χ0v) is 14.1. The normalized spacial score (nSPS) is 21.3. The lowest BCUT2D eigenvalue weighted by molar-refractivity contribution is -0.134. The van der Waals surface area contributed by atoms with Crippen LogP contribution in [0.4, 0.5) is 4.79 Å². The summed E-state index contributed by atoms with van der Waals surface area (Å²) in [7, 11) is 0. The van der Waals surface area contributed by atoms with Crippen molar-refractivity contribution in [3.05, 3.63) is 0 Å². The first-order chi connectivity index (χ1) is 11.1. The molecule has 1 unspecified atom stereocenters. The van der Waals surface area contributed by atoms with Crippen molar-refractivity contribution >= 4 is 29.7 Å². The molecule has 23 heavy (non-hydrogen) atoms. The highest BCUT2D eigenvalue weighted by molar-refractivity contribution is 7.99. The van der Waals surface area contributed by atoms with Crippen molar-refractivity contribution in [2.75, 3.05) is 44.2 Å². The summed E-state index contributed by atoms with van der Waals surface area (Å²) < 4.78 is 0. The standard InChI is InChI=1S/C15H25N3O4S/c19-13(20)11-23-9-5-16-14(21)12-4-3-8-18(10-12)15(22)17-6-1-2-7-17/h12H,1-11H2,(H,16,21)(H,19,20). The molecule has 0 saturated carbocycles. The minimum atomic E-state index is -0.843. The number of nitrogens with zero attached hydrogens (tertiary/aromatic N) is 2. The van der Waals surface area contributed by atoms with Crippen molar-refractivity contribution in [2.24, 2.45) is 5.92 Å². The molecule has 8 heteroatoms. The number of thioether (sulfide) groups is 1. The lowest BCUT2D eigenvalue weighted by atomic mass is 9.97. The van der Waals surface area contributed by atoms with Crippen LogP contribution < -0.4 is 5.32 Å². The minimum Gasteiger partial charge on any atom is -0.481 e. The molecule has 130 valence electrons. The summed E-state index contributed by atoms with van der Waals surface area (Å²) in [6, 6.07) is 0.0667. The van der Waals surface area contributed by atoms with Crippen LogP contribution in [0.25, 0.3) is 0 Å². The summed E-state index contributed by atoms with van der Waals surface area (Å²) in [6.45, 7) is 3.34. The molecule has 2 saturated heterocycles. The maximum atomic E-state index is 12.4. The number of carbonyl (C=O) groups excluding carboxylic acids is 2. The molecule has 0 aliphatic carbocycles. The molecule has 2 aliphatic rings. The second-order valence-corrected chi connectivity index (χ2v) is 7.10. The average Bonchev–Trinajstić information content (AvgIpc) is 3.08. The Labute approximate surface area is 140 Å². The molecule has 2 fully saturated rings. The second-order valence-electron chi connectivity index (χ2n) is 6.00. The molecule has 2 N–H and O–H groups in total. The van der Waals surface area contributed by atoms with Crippen LogP contribution in [0.15, 0.2) is 0 Å². The summed E-state index contributed by atoms with van der Waals surface area (Å²) in [4.78, 5) is 38.7. The van der Waals surface area contributed by atoms with E-state index in [4.69, 9.17) is 5.11 Å². The van der Waals surface area contributed by atoms with Crippen molar-refractivity contribution in [1.29, 1.82) is 0 Å². The van der Waals surface area contributed by atoms with Crippen LogP contribution >= 0.6 is 11.8 Å². The van der Waals surface area contributed by atoms with Crippen molar-refractivity contribution in [3.63, 3.8) is 0 Å². The monoisotopic (exact) mass is 343 g/mol. The van der Waals surface area contributed by atoms with Gasteiger partial charge in [-0.15, -0.1) is 11.8 Å². The van der Waals surface area contributed by atoms with Gasteiger partial charge >= 0.3 is 12.0 Å². The van der Waals surface area contributed by atoms with Crippen LogP contribution in [-0.4, -0.2) is 77.0 Å². The van der Waals surface area contributed by atoms with Gasteiger partial charge in [0.1, 0.15) is 0 Å². The van der Waals surface area contributed by atoms with E-state index in [2.05, 4.69) is 5.32 Å². The number of hydrogen-bond acceptors (Lipinski definition) is 4. The number of hydrogen-bond donors (Lipinski definition) is 2. The maximum Gasteiger partial charge on any atom is 0.320 e. The number of likely N-dealkylation sites (tertiary alicyclic amines) is 2. The van der Waals surface area contributed by atoms with Crippen LogP contribution in [-0.2, 0) is 9.59 Å². The number of nitrogens with one attached hydrogen (secondary N) is 1. The second kappa shape index (κ2) is 9.00. The Bertz CT molecular complexity index is 440. The third kappa shape index (κ3) is 5.60. The fourth-order valence-electron chi connectivity index (χ4n) is 3.02. The molecule has 0 aromatic carbocycles. The number of rotatable bonds is 6. The van der Waals surface area contributed by atoms with E-state index in [0.29, 0.717) is 18.8 Å². The number of carboxylic acid groups (broad SMARTS) is 1. The van der Waals surface area contributed by atoms with E-state index in [1.807, 2.05) is 4.90 Å². The van der Waals surface area contributed by atoms with E-state index in [-0.39, 0.29) is 23.6 Å². The van der Waals surface area contributed by atoms with Gasteiger partial charge in [-0.05, 0) is 25.7 Å². The molecular weight excluding hydrogens is 318 g/mol. The predicted octanol–water partition coefficient (Wildman–Crippen LogP) is 0.848. The Kier molecular flexibility index (Phi) is 7.01. The van der Waals surface area contributed by atoms with Gasteiger partial charge in [-0.1, -0.05) is 0 Å². The van der Waals surface area contributed by atoms with Crippen molar-refractivity contribution in [2.45, 2.75) is 25.7 Å². The molecule has 0 bridgehead atoms. The molecule has 7 nitrogen and oxygen atoms in total. The average molecular weight is 343 g/mol. The number of piperidine rings is 1. The van der Waals surface area contributed by atoms with Gasteiger partial charge in [-0.3, -0.25) is 9.59 Å². The van der Waals surface area contributed by atoms with E-state index in [1.54, 1.807) is 4.90 Å². The highest BCUT2D eigenvalue weighted by Gasteiger charge is 2.31. The summed E-state index contributed by atoms with van der Waals surface area (Å²) in [6.07, 6.45) is 3.79. The predicted molar refractivity (Wildman–Crippen MR) is 88.5 cm³/mol. The maximum absolute atomic E-state index is 12.4. The van der Waals surface area contributed by atoms with E-state index < -0.39 is 5.97 Å². The van der Waals surface area contributed by atoms with Crippen LogP contribution in [0, 0.1) is 5.92 Å². The zero-order valence-electron chi connectivity index (χ0n) is 13.3. The zero-order chi connectivity index (χ0) is 16.7. The van der Waals surface area contributed by atoms with Crippen molar-refractivity contribution < 1.29 is 19.5 Å². The molecule has 3 amide bonds. The van der Waals surface area contributed by atoms with Gasteiger partial charge in [0.25, 0.3) is 0 Å². The van der Waals surface area contributed by atoms with E-state index in [1.165, 1.54) is 11.8 Å². The fourth-order valence-corrected chi connectivity index (χ4v) is 3.59. The molecule has 0 radical (unpaired) electrons. The van der Waals surface area contributed by atoms with E-state index in [0.717, 1.165) is 45.3 Å². The van der Waals surface area contributed by atoms with Crippen molar-refractivity contribution in [1.82, 2.24) is 15.1 Å². The van der Waals surface area contributed by atoms with Gasteiger partial charge in [0.05, 0.1) is 11.7 Å². The Morgan fingerprint density at radius 2 is 1.78 bits per heavy atom. The minimum absolute atomic E-state index is 0.0279. The number of urea groups is 1. The number of carboxylic acids is 1. The van der Waals surface area contributed by atoms with E-state index in [9.17, 15) is 14.4 Å². The fraction of sp³-hybridized carbons (Fsp3) is 0.800. The van der Waals surface area contributed by atoms with Crippen LogP contribution in [0.2, 0.25) is 0 Å². The third-order valence-corrected chi connectivity index (χ3v) is 5.15. The Balaban J connectivity index is 1.70. The highest BCUT2D eigenvalue weighted by atomic mass is 32.2. The molecular formula is C15H25N3O4S. The number of amides is 3. The highest BCUT2D eigenvalue weighted by Crippen LogP contribution is 2.19. The molecule has 0 spiro atoms. The van der Waals surface area contributed by atoms with Gasteiger partial charge in [0, 0.05) is 38.5 Å². The summed E-state index contributed by atoms with van der Waals surface area (Å²) in [5.41, 5.74) is 0. The van der Waals surface area contributed by atoms with Crippen LogP contribution in [0.1, 0.15) is 25.7 Å². The summed E-state index contributed by atoms with van der Waals surface area (Å²) in [5, 5.41) is 11.4. The largest absolute Gasteiger partial charge is 0.481 e. The first-order valence-electron chi connectivity index (χ1n) is 8.19. The van der Waals surface area contributed by atoms with Gasteiger partial charge in [-0.25, -0.2) is 4.79 Å². The molecule has 2 rings (SSSR count). The SMILES string of the molecule is O=C(O)CSCCNC(=O)C1CCCN(C(=O)N2CCCC2)C1. The third-order valence-electron chi connectivity index (χ3n) is 4.21. The molecule has 2 heterocycles. The Morgan fingerprint density at radius 3 is 2.48 bits per heavy atom. The van der Waals surface area contributed by atoms with Gasteiger partial charge in [0.2, 0.25) is 5.91 Å². The van der Waals surface area contributed by atoms with Crippen LogP contribution in [0.5, 0.6) is 0 Å². The molecule has 0 aromatic heterocycles. The molecule has 1 atom stereocenters. The first-order valence-corrected chi connectivity index (χ1v) is 9.34. The Morgan fingerprint density at radius 1 is 1.09 bits per heavy atom. The lowest BCUT2D eigenvalue weighted by Crippen LogP contribution is -2.49. The van der Waals surface area contributed by atoms with E-state index >= 15 is 0 Å². The van der Waals surface area contributed by atoms with Gasteiger partial charge in [0.15, 0.2) is 0 Å². The summed E-state index contributed by atoms with van der Waals surface area (Å²) >= 11 is 1.29. The first kappa shape index (κ1) is 17.9. The summed E-state index contributed by atoms with van der Waals surface area (Å²) in [5.74, 6) is -0.386. The van der Waals surface area contributed by atoms with Gasteiger partial charge < -0.3 is 20.2 Å². The van der Waals surface area contributed by atoms with Crippen LogP contribution in [0.3, 0.4) is 0 Å². The number of aliphatic carboxylic acids is 1. The van der Waals surface area contributed by atoms with Crippen molar-refractivity contribution in [3.8, 4) is 0 Å². The Hall–Kier alpha value is -1.44. The quantitative estimate of drug-likeness (QED) is 0.698. The lowest BCUT2D eigenvalue weighted by Gasteiger charge is -2.34. The molecule has 2 aliphatic heterocycles.